The van der Waals surface area contributed by atoms with Gasteiger partial charge in [0.25, 0.3) is 5.91 Å². The van der Waals surface area contributed by atoms with Crippen molar-refractivity contribution in [2.24, 2.45) is 0 Å². The molecule has 3 aromatic carbocycles. The van der Waals surface area contributed by atoms with Crippen LogP contribution in [0.5, 0.6) is 0 Å². The molecule has 0 spiro atoms. The molecule has 0 saturated carbocycles. The summed E-state index contributed by atoms with van der Waals surface area (Å²) in [6, 6.07) is 22.0. The Morgan fingerprint density at radius 3 is 2.13 bits per heavy atom. The Kier molecular flexibility index (Phi) is 6.71. The summed E-state index contributed by atoms with van der Waals surface area (Å²) in [7, 11) is -2.27. The Morgan fingerprint density at radius 2 is 1.52 bits per heavy atom. The number of nitrogens with zero attached hydrogens (tertiary/aromatic N) is 1. The van der Waals surface area contributed by atoms with Gasteiger partial charge in [0.05, 0.1) is 36.8 Å². The fraction of sp³-hybridized carbons (Fsp3) is 0.130. The van der Waals surface area contributed by atoms with Crippen LogP contribution in [0.15, 0.2) is 78.9 Å². The van der Waals surface area contributed by atoms with Crippen molar-refractivity contribution < 1.29 is 22.7 Å². The van der Waals surface area contributed by atoms with Gasteiger partial charge in [-0.2, -0.15) is 0 Å². The lowest BCUT2D eigenvalue weighted by Gasteiger charge is -2.22. The van der Waals surface area contributed by atoms with E-state index in [0.29, 0.717) is 16.9 Å². The minimum Gasteiger partial charge on any atom is -0.465 e. The summed E-state index contributed by atoms with van der Waals surface area (Å²) in [5.41, 5.74) is 2.16. The first kappa shape index (κ1) is 22.0. The van der Waals surface area contributed by atoms with Crippen LogP contribution in [0.2, 0.25) is 0 Å². The number of para-hydroxylation sites is 1. The van der Waals surface area contributed by atoms with Crippen LogP contribution < -0.4 is 9.62 Å². The summed E-state index contributed by atoms with van der Waals surface area (Å²) in [6.07, 6.45) is 1.14. The van der Waals surface area contributed by atoms with E-state index >= 15 is 0 Å². The van der Waals surface area contributed by atoms with Gasteiger partial charge < -0.3 is 10.1 Å². The number of amides is 1. The number of methoxy groups -OCH3 is 1. The fourth-order valence-electron chi connectivity index (χ4n) is 3.00. The molecule has 0 unspecified atom stereocenters. The average Bonchev–Trinajstić information content (AvgIpc) is 2.77. The lowest BCUT2D eigenvalue weighted by molar-refractivity contribution is 0.0602. The Hall–Kier alpha value is -3.65. The normalized spacial score (nSPS) is 10.9. The molecule has 0 aliphatic heterocycles. The van der Waals surface area contributed by atoms with Gasteiger partial charge in [-0.1, -0.05) is 42.5 Å². The van der Waals surface area contributed by atoms with Gasteiger partial charge in [0, 0.05) is 5.56 Å². The van der Waals surface area contributed by atoms with Crippen molar-refractivity contribution in [3.63, 3.8) is 0 Å². The van der Waals surface area contributed by atoms with Gasteiger partial charge in [0.15, 0.2) is 0 Å². The molecule has 1 amide bonds. The summed E-state index contributed by atoms with van der Waals surface area (Å²) in [5.74, 6) is -0.993. The zero-order chi connectivity index (χ0) is 22.4. The van der Waals surface area contributed by atoms with E-state index in [1.165, 1.54) is 23.5 Å². The molecule has 0 bridgehead atoms. The van der Waals surface area contributed by atoms with Gasteiger partial charge in [-0.3, -0.25) is 9.10 Å². The minimum absolute atomic E-state index is 0.178. The third-order valence-corrected chi connectivity index (χ3v) is 5.71. The van der Waals surface area contributed by atoms with Crippen LogP contribution in [0.25, 0.3) is 0 Å². The molecule has 0 radical (unpaired) electrons. The van der Waals surface area contributed by atoms with Crippen molar-refractivity contribution in [2.45, 2.75) is 6.54 Å². The van der Waals surface area contributed by atoms with E-state index in [9.17, 15) is 18.0 Å². The Balaban J connectivity index is 1.82. The summed E-state index contributed by atoms with van der Waals surface area (Å²) in [5, 5.41) is 2.69. The maximum Gasteiger partial charge on any atom is 0.339 e. The molecule has 31 heavy (non-hydrogen) atoms. The first-order valence-electron chi connectivity index (χ1n) is 9.40. The summed E-state index contributed by atoms with van der Waals surface area (Å²) in [4.78, 5) is 24.5. The molecule has 0 fully saturated rings. The lowest BCUT2D eigenvalue weighted by atomic mass is 10.1. The average molecular weight is 439 g/mol. The van der Waals surface area contributed by atoms with Crippen LogP contribution in [0, 0.1) is 0 Å². The van der Waals surface area contributed by atoms with Crippen LogP contribution in [0.4, 0.5) is 11.4 Å². The number of sulfonamides is 1. The van der Waals surface area contributed by atoms with E-state index in [1.54, 1.807) is 36.4 Å². The number of ether oxygens (including phenoxy) is 1. The van der Waals surface area contributed by atoms with Gasteiger partial charge >= 0.3 is 5.97 Å². The molecule has 1 N–H and O–H groups in total. The Morgan fingerprint density at radius 1 is 0.903 bits per heavy atom. The largest absolute Gasteiger partial charge is 0.465 e. The molecule has 0 aromatic heterocycles. The van der Waals surface area contributed by atoms with Crippen LogP contribution in [0.3, 0.4) is 0 Å². The molecule has 3 aromatic rings. The molecular weight excluding hydrogens is 416 g/mol. The van der Waals surface area contributed by atoms with Crippen molar-refractivity contribution in [1.82, 2.24) is 0 Å². The highest BCUT2D eigenvalue weighted by Crippen LogP contribution is 2.22. The molecule has 0 aliphatic rings. The topological polar surface area (TPSA) is 92.8 Å². The number of nitrogens with one attached hydrogen (secondary N) is 1. The van der Waals surface area contributed by atoms with Crippen molar-refractivity contribution in [2.75, 3.05) is 23.0 Å². The Labute approximate surface area is 181 Å². The van der Waals surface area contributed by atoms with E-state index in [2.05, 4.69) is 5.32 Å². The smallest absolute Gasteiger partial charge is 0.339 e. The molecule has 3 rings (SSSR count). The SMILES string of the molecule is COC(=O)c1ccccc1NC(=O)c1ccc(N(Cc2ccccc2)S(C)(=O)=O)cc1. The number of carbonyl (C=O) groups excluding carboxylic acids is 2. The van der Waals surface area contributed by atoms with Gasteiger partial charge in [0.2, 0.25) is 10.0 Å². The number of rotatable bonds is 7. The maximum atomic E-state index is 12.7. The highest BCUT2D eigenvalue weighted by molar-refractivity contribution is 7.92. The highest BCUT2D eigenvalue weighted by atomic mass is 32.2. The minimum atomic E-state index is -3.53. The zero-order valence-corrected chi connectivity index (χ0v) is 17.9. The van der Waals surface area contributed by atoms with E-state index in [-0.39, 0.29) is 12.1 Å². The van der Waals surface area contributed by atoms with E-state index in [0.717, 1.165) is 11.8 Å². The number of carbonyl (C=O) groups is 2. The first-order chi connectivity index (χ1) is 14.8. The number of hydrogen-bond donors (Lipinski definition) is 1. The molecule has 7 nitrogen and oxygen atoms in total. The molecule has 0 atom stereocenters. The van der Waals surface area contributed by atoms with Gasteiger partial charge in [-0.25, -0.2) is 13.2 Å². The van der Waals surface area contributed by atoms with E-state index in [1.807, 2.05) is 30.3 Å². The van der Waals surface area contributed by atoms with E-state index in [4.69, 9.17) is 4.74 Å². The van der Waals surface area contributed by atoms with Crippen molar-refractivity contribution >= 4 is 33.3 Å². The van der Waals surface area contributed by atoms with Gasteiger partial charge in [-0.15, -0.1) is 0 Å². The van der Waals surface area contributed by atoms with Gasteiger partial charge in [-0.05, 0) is 42.0 Å². The maximum absolute atomic E-state index is 12.7. The van der Waals surface area contributed by atoms with Crippen molar-refractivity contribution in [3.8, 4) is 0 Å². The van der Waals surface area contributed by atoms with Crippen LogP contribution >= 0.6 is 0 Å². The summed E-state index contributed by atoms with van der Waals surface area (Å²) < 4.78 is 30.7. The van der Waals surface area contributed by atoms with Crippen LogP contribution in [-0.2, 0) is 21.3 Å². The number of benzene rings is 3. The highest BCUT2D eigenvalue weighted by Gasteiger charge is 2.19. The monoisotopic (exact) mass is 438 g/mol. The number of esters is 1. The third kappa shape index (κ3) is 5.49. The molecule has 0 saturated heterocycles. The summed E-state index contributed by atoms with van der Waals surface area (Å²) in [6.45, 7) is 0.178. The molecule has 8 heteroatoms. The first-order valence-corrected chi connectivity index (χ1v) is 11.2. The molecule has 160 valence electrons. The van der Waals surface area contributed by atoms with Crippen molar-refractivity contribution in [3.05, 3.63) is 95.6 Å². The second-order valence-electron chi connectivity index (χ2n) is 6.79. The second-order valence-corrected chi connectivity index (χ2v) is 8.70. The molecular formula is C23H22N2O5S. The van der Waals surface area contributed by atoms with Crippen LogP contribution in [-0.4, -0.2) is 33.7 Å². The molecule has 0 heterocycles. The predicted molar refractivity (Wildman–Crippen MR) is 120 cm³/mol. The predicted octanol–water partition coefficient (Wildman–Crippen LogP) is 3.69. The fourth-order valence-corrected chi connectivity index (χ4v) is 3.89. The van der Waals surface area contributed by atoms with Crippen LogP contribution in [0.1, 0.15) is 26.3 Å². The zero-order valence-electron chi connectivity index (χ0n) is 17.1. The number of hydrogen-bond acceptors (Lipinski definition) is 5. The summed E-state index contributed by atoms with van der Waals surface area (Å²) >= 11 is 0. The quantitative estimate of drug-likeness (QED) is 0.568. The molecule has 0 aliphatic carbocycles. The van der Waals surface area contributed by atoms with Gasteiger partial charge in [0.1, 0.15) is 0 Å². The lowest BCUT2D eigenvalue weighted by Crippen LogP contribution is -2.29. The number of anilines is 2. The standard InChI is InChI=1S/C23H22N2O5S/c1-30-23(27)20-10-6-7-11-21(20)24-22(26)18-12-14-19(15-13-18)25(31(2,28)29)16-17-8-4-3-5-9-17/h3-15H,16H2,1-2H3,(H,24,26). The Bertz CT molecular complexity index is 1180. The second kappa shape index (κ2) is 9.44. The van der Waals surface area contributed by atoms with Crippen molar-refractivity contribution in [1.29, 1.82) is 0 Å². The third-order valence-electron chi connectivity index (χ3n) is 4.57. The van der Waals surface area contributed by atoms with E-state index < -0.39 is 21.9 Å².